The Labute approximate surface area is 139 Å². The van der Waals surface area contributed by atoms with Crippen molar-refractivity contribution < 1.29 is 9.90 Å². The van der Waals surface area contributed by atoms with Gasteiger partial charge in [0, 0.05) is 18.3 Å². The average Bonchev–Trinajstić information content (AvgIpc) is 3.02. The predicted molar refractivity (Wildman–Crippen MR) is 91.1 cm³/mol. The Kier molecular flexibility index (Phi) is 4.67. The number of aryl methyl sites for hydroxylation is 1. The van der Waals surface area contributed by atoms with Crippen LogP contribution in [0.3, 0.4) is 0 Å². The van der Waals surface area contributed by atoms with Gasteiger partial charge in [0.15, 0.2) is 5.82 Å². The molecule has 0 radical (unpaired) electrons. The lowest BCUT2D eigenvalue weighted by atomic mass is 10.1. The SMILES string of the molecule is Cn1cnnc1-c1cccc(NC(=O)CC(O)c2ccccc2)c1. The monoisotopic (exact) mass is 322 g/mol. The van der Waals surface area contributed by atoms with Crippen LogP contribution in [0, 0.1) is 0 Å². The number of nitrogens with zero attached hydrogens (tertiary/aromatic N) is 3. The summed E-state index contributed by atoms with van der Waals surface area (Å²) in [5.41, 5.74) is 2.23. The fraction of sp³-hybridized carbons (Fsp3) is 0.167. The van der Waals surface area contributed by atoms with Crippen molar-refractivity contribution >= 4 is 11.6 Å². The molecule has 0 fully saturated rings. The molecular weight excluding hydrogens is 304 g/mol. The van der Waals surface area contributed by atoms with Crippen molar-refractivity contribution in [3.05, 3.63) is 66.5 Å². The van der Waals surface area contributed by atoms with Gasteiger partial charge >= 0.3 is 0 Å². The Morgan fingerprint density at radius 2 is 2.00 bits per heavy atom. The van der Waals surface area contributed by atoms with Gasteiger partial charge in [-0.25, -0.2) is 0 Å². The van der Waals surface area contributed by atoms with Crippen LogP contribution in [0.15, 0.2) is 60.9 Å². The number of anilines is 1. The van der Waals surface area contributed by atoms with Crippen molar-refractivity contribution in [3.63, 3.8) is 0 Å². The summed E-state index contributed by atoms with van der Waals surface area (Å²) in [4.78, 5) is 12.2. The molecule has 6 heteroatoms. The van der Waals surface area contributed by atoms with Crippen LogP contribution in [-0.2, 0) is 11.8 Å². The first kappa shape index (κ1) is 15.9. The summed E-state index contributed by atoms with van der Waals surface area (Å²) in [6.45, 7) is 0. The largest absolute Gasteiger partial charge is 0.388 e. The molecule has 0 aliphatic carbocycles. The lowest BCUT2D eigenvalue weighted by Gasteiger charge is -2.12. The molecule has 0 aliphatic heterocycles. The minimum Gasteiger partial charge on any atom is -0.388 e. The second-order valence-corrected chi connectivity index (χ2v) is 5.53. The van der Waals surface area contributed by atoms with Crippen LogP contribution in [0.5, 0.6) is 0 Å². The van der Waals surface area contributed by atoms with Crippen molar-refractivity contribution in [1.29, 1.82) is 0 Å². The molecule has 2 aromatic carbocycles. The van der Waals surface area contributed by atoms with E-state index in [-0.39, 0.29) is 12.3 Å². The van der Waals surface area contributed by atoms with Gasteiger partial charge < -0.3 is 15.0 Å². The molecule has 122 valence electrons. The normalized spacial score (nSPS) is 11.9. The molecule has 6 nitrogen and oxygen atoms in total. The van der Waals surface area contributed by atoms with E-state index < -0.39 is 6.10 Å². The summed E-state index contributed by atoms with van der Waals surface area (Å²) in [6, 6.07) is 16.5. The highest BCUT2D eigenvalue weighted by atomic mass is 16.3. The number of hydrogen-bond donors (Lipinski definition) is 2. The smallest absolute Gasteiger partial charge is 0.227 e. The van der Waals surface area contributed by atoms with E-state index in [0.29, 0.717) is 5.69 Å². The Hall–Kier alpha value is -2.99. The molecule has 0 bridgehead atoms. The van der Waals surface area contributed by atoms with Crippen molar-refractivity contribution in [1.82, 2.24) is 14.8 Å². The third kappa shape index (κ3) is 3.67. The lowest BCUT2D eigenvalue weighted by molar-refractivity contribution is -0.118. The van der Waals surface area contributed by atoms with Gasteiger partial charge in [-0.3, -0.25) is 4.79 Å². The molecule has 2 N–H and O–H groups in total. The zero-order valence-corrected chi connectivity index (χ0v) is 13.3. The molecule has 1 aromatic heterocycles. The van der Waals surface area contributed by atoms with E-state index in [2.05, 4.69) is 15.5 Å². The Bertz CT molecular complexity index is 830. The third-order valence-corrected chi connectivity index (χ3v) is 3.68. The number of aliphatic hydroxyl groups excluding tert-OH is 1. The fourth-order valence-corrected chi connectivity index (χ4v) is 2.46. The maximum Gasteiger partial charge on any atom is 0.227 e. The molecule has 1 atom stereocenters. The van der Waals surface area contributed by atoms with Gasteiger partial charge in [0.05, 0.1) is 12.5 Å². The van der Waals surface area contributed by atoms with E-state index in [1.807, 2.05) is 43.4 Å². The molecule has 24 heavy (non-hydrogen) atoms. The highest BCUT2D eigenvalue weighted by molar-refractivity contribution is 5.91. The highest BCUT2D eigenvalue weighted by Crippen LogP contribution is 2.21. The van der Waals surface area contributed by atoms with Gasteiger partial charge in [0.2, 0.25) is 5.91 Å². The topological polar surface area (TPSA) is 80.0 Å². The standard InChI is InChI=1S/C18H18N4O2/c1-22-12-19-21-18(22)14-8-5-9-15(10-14)20-17(24)11-16(23)13-6-3-2-4-7-13/h2-10,12,16,23H,11H2,1H3,(H,20,24). The van der Waals surface area contributed by atoms with E-state index in [0.717, 1.165) is 17.0 Å². The number of aliphatic hydroxyl groups is 1. The Balaban J connectivity index is 1.68. The number of carbonyl (C=O) groups is 1. The molecule has 1 unspecified atom stereocenters. The van der Waals surface area contributed by atoms with Crippen molar-refractivity contribution in [2.24, 2.45) is 7.05 Å². The first-order chi connectivity index (χ1) is 11.6. The number of rotatable bonds is 5. The molecular formula is C18H18N4O2. The summed E-state index contributed by atoms with van der Waals surface area (Å²) >= 11 is 0. The maximum atomic E-state index is 12.2. The van der Waals surface area contributed by atoms with Crippen molar-refractivity contribution in [2.75, 3.05) is 5.32 Å². The summed E-state index contributed by atoms with van der Waals surface area (Å²) < 4.78 is 1.81. The number of aromatic nitrogens is 3. The molecule has 0 saturated heterocycles. The number of amides is 1. The molecule has 0 spiro atoms. The first-order valence-corrected chi connectivity index (χ1v) is 7.61. The van der Waals surface area contributed by atoms with Crippen LogP contribution in [-0.4, -0.2) is 25.8 Å². The number of hydrogen-bond acceptors (Lipinski definition) is 4. The second-order valence-electron chi connectivity index (χ2n) is 5.53. The second kappa shape index (κ2) is 7.06. The molecule has 1 heterocycles. The van der Waals surface area contributed by atoms with E-state index in [1.165, 1.54) is 0 Å². The van der Waals surface area contributed by atoms with Gasteiger partial charge in [-0.05, 0) is 17.7 Å². The minimum absolute atomic E-state index is 0.00178. The van der Waals surface area contributed by atoms with Crippen LogP contribution in [0.2, 0.25) is 0 Å². The van der Waals surface area contributed by atoms with E-state index >= 15 is 0 Å². The molecule has 3 rings (SSSR count). The molecule has 0 aliphatic rings. The maximum absolute atomic E-state index is 12.2. The summed E-state index contributed by atoms with van der Waals surface area (Å²) in [5.74, 6) is 0.469. The predicted octanol–water partition coefficient (Wildman–Crippen LogP) is 2.54. The van der Waals surface area contributed by atoms with Gasteiger partial charge in [-0.15, -0.1) is 10.2 Å². The quantitative estimate of drug-likeness (QED) is 0.756. The lowest BCUT2D eigenvalue weighted by Crippen LogP contribution is -2.15. The molecule has 1 amide bonds. The van der Waals surface area contributed by atoms with Gasteiger partial charge in [-0.2, -0.15) is 0 Å². The van der Waals surface area contributed by atoms with Gasteiger partial charge in [0.25, 0.3) is 0 Å². The Morgan fingerprint density at radius 1 is 1.21 bits per heavy atom. The van der Waals surface area contributed by atoms with Crippen molar-refractivity contribution in [3.8, 4) is 11.4 Å². The minimum atomic E-state index is -0.826. The molecule has 3 aromatic rings. The van der Waals surface area contributed by atoms with E-state index in [1.54, 1.807) is 29.1 Å². The number of carbonyl (C=O) groups excluding carboxylic acids is 1. The van der Waals surface area contributed by atoms with Crippen LogP contribution in [0.1, 0.15) is 18.1 Å². The van der Waals surface area contributed by atoms with Gasteiger partial charge in [0.1, 0.15) is 6.33 Å². The third-order valence-electron chi connectivity index (χ3n) is 3.68. The van der Waals surface area contributed by atoms with Crippen LogP contribution < -0.4 is 5.32 Å². The number of benzene rings is 2. The van der Waals surface area contributed by atoms with E-state index in [4.69, 9.17) is 0 Å². The first-order valence-electron chi connectivity index (χ1n) is 7.61. The fourth-order valence-electron chi connectivity index (χ4n) is 2.46. The average molecular weight is 322 g/mol. The van der Waals surface area contributed by atoms with Crippen LogP contribution in [0.4, 0.5) is 5.69 Å². The van der Waals surface area contributed by atoms with Crippen LogP contribution >= 0.6 is 0 Å². The summed E-state index contributed by atoms with van der Waals surface area (Å²) in [6.07, 6.45) is 0.794. The zero-order chi connectivity index (χ0) is 16.9. The zero-order valence-electron chi connectivity index (χ0n) is 13.3. The van der Waals surface area contributed by atoms with E-state index in [9.17, 15) is 9.90 Å². The highest BCUT2D eigenvalue weighted by Gasteiger charge is 2.13. The molecule has 0 saturated carbocycles. The van der Waals surface area contributed by atoms with Crippen molar-refractivity contribution in [2.45, 2.75) is 12.5 Å². The number of nitrogens with one attached hydrogen (secondary N) is 1. The van der Waals surface area contributed by atoms with Gasteiger partial charge in [-0.1, -0.05) is 42.5 Å². The Morgan fingerprint density at radius 3 is 2.71 bits per heavy atom. The summed E-state index contributed by atoms with van der Waals surface area (Å²) in [7, 11) is 1.86. The summed E-state index contributed by atoms with van der Waals surface area (Å²) in [5, 5.41) is 20.8. The van der Waals surface area contributed by atoms with Crippen LogP contribution in [0.25, 0.3) is 11.4 Å².